The van der Waals surface area contributed by atoms with Gasteiger partial charge >= 0.3 is 6.09 Å². The molecular weight excluding hydrogens is 737 g/mol. The molecule has 2 aliphatic carbocycles. The van der Waals surface area contributed by atoms with Gasteiger partial charge < -0.3 is 39.7 Å². The minimum Gasteiger partial charge on any atom is -0.481 e. The molecule has 14 nitrogen and oxygen atoms in total. The van der Waals surface area contributed by atoms with Crippen molar-refractivity contribution in [1.82, 2.24) is 40.5 Å². The quantitative estimate of drug-likeness (QED) is 0.105. The van der Waals surface area contributed by atoms with Crippen molar-refractivity contribution < 1.29 is 28.6 Å². The average Bonchev–Trinajstić information content (AvgIpc) is 4.13. The number of amides is 3. The monoisotopic (exact) mass is 786 g/mol. The molecule has 0 spiro atoms. The predicted molar refractivity (Wildman–Crippen MR) is 216 cm³/mol. The van der Waals surface area contributed by atoms with E-state index in [0.717, 1.165) is 77.1 Å². The van der Waals surface area contributed by atoms with Crippen LogP contribution in [0, 0.1) is 17.8 Å². The fourth-order valence-electron chi connectivity index (χ4n) is 9.19. The number of carbonyl (C=O) groups excluding carboxylic acids is 3. The van der Waals surface area contributed by atoms with Crippen LogP contribution in [0.1, 0.15) is 68.2 Å². The molecule has 302 valence electrons. The third-order valence-electron chi connectivity index (χ3n) is 12.3. The second kappa shape index (κ2) is 16.8. The molecule has 14 heteroatoms. The first kappa shape index (κ1) is 38.8. The average molecular weight is 787 g/mol. The maximum atomic E-state index is 13.6. The van der Waals surface area contributed by atoms with Gasteiger partial charge in [0.25, 0.3) is 0 Å². The highest BCUT2D eigenvalue weighted by Gasteiger charge is 2.52. The third kappa shape index (κ3) is 7.80. The van der Waals surface area contributed by atoms with Crippen molar-refractivity contribution in [3.8, 4) is 39.5 Å². The largest absolute Gasteiger partial charge is 0.481 e. The van der Waals surface area contributed by atoms with Gasteiger partial charge in [-0.1, -0.05) is 54.6 Å². The van der Waals surface area contributed by atoms with E-state index in [2.05, 4.69) is 79.1 Å². The molecule has 8 rings (SSSR count). The molecule has 4 unspecified atom stereocenters. The summed E-state index contributed by atoms with van der Waals surface area (Å²) in [5.41, 5.74) is 6.88. The lowest BCUT2D eigenvalue weighted by Gasteiger charge is -2.30. The summed E-state index contributed by atoms with van der Waals surface area (Å²) in [7, 11) is 4.36. The summed E-state index contributed by atoms with van der Waals surface area (Å²) in [4.78, 5) is 61.8. The molecule has 7 atom stereocenters. The predicted octanol–water partition coefficient (Wildman–Crippen LogP) is 6.41. The van der Waals surface area contributed by atoms with Gasteiger partial charge in [-0.2, -0.15) is 0 Å². The van der Waals surface area contributed by atoms with E-state index in [4.69, 9.17) is 19.2 Å². The number of aromatic amines is 2. The van der Waals surface area contributed by atoms with Crippen molar-refractivity contribution in [3.05, 3.63) is 96.5 Å². The summed E-state index contributed by atoms with van der Waals surface area (Å²) in [6.45, 7) is 2.72. The fraction of sp³-hybridized carbons (Fsp3) is 0.409. The summed E-state index contributed by atoms with van der Waals surface area (Å²) in [5.74, 6) is 2.76. The molecule has 2 bridgehead atoms. The number of hydrogen-bond donors (Lipinski definition) is 4. The number of rotatable bonds is 13. The van der Waals surface area contributed by atoms with E-state index in [1.54, 1.807) is 37.4 Å². The van der Waals surface area contributed by atoms with Crippen LogP contribution in [0.3, 0.4) is 0 Å². The van der Waals surface area contributed by atoms with Crippen LogP contribution in [0.5, 0.6) is 5.88 Å². The first-order chi connectivity index (χ1) is 28.2. The van der Waals surface area contributed by atoms with Crippen LogP contribution in [0.15, 0.2) is 79.3 Å². The van der Waals surface area contributed by atoms with E-state index < -0.39 is 18.2 Å². The summed E-state index contributed by atoms with van der Waals surface area (Å²) >= 11 is 0. The number of benzene rings is 2. The molecule has 3 fully saturated rings. The summed E-state index contributed by atoms with van der Waals surface area (Å²) in [6, 6.07) is 19.3. The minimum absolute atomic E-state index is 0.0669. The second-order valence-electron chi connectivity index (χ2n) is 15.6. The lowest BCUT2D eigenvalue weighted by atomic mass is 9.78. The van der Waals surface area contributed by atoms with Crippen LogP contribution in [-0.2, 0) is 25.6 Å². The second-order valence-corrected chi connectivity index (χ2v) is 15.6. The molecule has 58 heavy (non-hydrogen) atoms. The Labute approximate surface area is 337 Å². The highest BCUT2D eigenvalue weighted by molar-refractivity contribution is 5.87. The molecule has 2 saturated carbocycles. The Morgan fingerprint density at radius 2 is 1.43 bits per heavy atom. The zero-order valence-electron chi connectivity index (χ0n) is 33.2. The Bertz CT molecular complexity index is 2220. The molecule has 5 aromatic rings. The van der Waals surface area contributed by atoms with Gasteiger partial charge in [0.15, 0.2) is 0 Å². The van der Waals surface area contributed by atoms with Crippen molar-refractivity contribution in [2.75, 3.05) is 27.9 Å². The maximum Gasteiger partial charge on any atom is 0.407 e. The van der Waals surface area contributed by atoms with Gasteiger partial charge in [0.05, 0.1) is 56.1 Å². The Morgan fingerprint density at radius 3 is 2.05 bits per heavy atom. The lowest BCUT2D eigenvalue weighted by Crippen LogP contribution is -2.54. The van der Waals surface area contributed by atoms with Gasteiger partial charge in [-0.05, 0) is 78.7 Å². The van der Waals surface area contributed by atoms with Gasteiger partial charge in [-0.3, -0.25) is 9.59 Å². The molecule has 4 heterocycles. The standard InChI is InChI=1S/C44H50N8O6/c1-25(56-2)39(51-44(55)58-4)43(54)52-19-5-6-35(52)40-46-23-33(49-40)29-12-8-27(9-13-29)28-10-14-30(15-11-28)34-24-47-41(50-34)37-31-16-17-32(20-31)38(37)42(53)48-22-26-7-18-36(57-3)45-21-26/h7-15,18,21,23-25,31-32,35,37-39H,5-6,16-17,19-20,22H2,1-4H3,(H,46,49)(H,47,50)(H,48,53)(H,51,55)/t25-,31?,32?,35+,37?,38?,39+/m1/s1. The maximum absolute atomic E-state index is 13.6. The Hall–Kier alpha value is -6.02. The highest BCUT2D eigenvalue weighted by Crippen LogP contribution is 2.56. The van der Waals surface area contributed by atoms with Crippen LogP contribution >= 0.6 is 0 Å². The molecule has 4 N–H and O–H groups in total. The number of pyridine rings is 1. The zero-order chi connectivity index (χ0) is 40.3. The molecule has 0 radical (unpaired) electrons. The van der Waals surface area contributed by atoms with Crippen LogP contribution < -0.4 is 15.4 Å². The van der Waals surface area contributed by atoms with Gasteiger partial charge in [0.2, 0.25) is 17.7 Å². The molecule has 2 aromatic carbocycles. The van der Waals surface area contributed by atoms with E-state index in [0.29, 0.717) is 36.6 Å². The van der Waals surface area contributed by atoms with Gasteiger partial charge in [-0.15, -0.1) is 0 Å². The topological polar surface area (TPSA) is 176 Å². The third-order valence-corrected chi connectivity index (χ3v) is 12.3. The summed E-state index contributed by atoms with van der Waals surface area (Å²) < 4.78 is 15.3. The van der Waals surface area contributed by atoms with Gasteiger partial charge in [0, 0.05) is 38.4 Å². The molecule has 3 aliphatic rings. The zero-order valence-corrected chi connectivity index (χ0v) is 33.2. The summed E-state index contributed by atoms with van der Waals surface area (Å²) in [5, 5.41) is 5.80. The number of likely N-dealkylation sites (tertiary alicyclic amines) is 1. The van der Waals surface area contributed by atoms with Crippen LogP contribution in [0.2, 0.25) is 0 Å². The first-order valence-electron chi connectivity index (χ1n) is 20.0. The molecule has 3 amide bonds. The number of nitrogens with zero attached hydrogens (tertiary/aromatic N) is 4. The van der Waals surface area contributed by atoms with Crippen LogP contribution in [0.25, 0.3) is 33.6 Å². The number of aromatic nitrogens is 5. The normalized spacial score (nSPS) is 22.1. The van der Waals surface area contributed by atoms with E-state index in [9.17, 15) is 14.4 Å². The number of H-pyrrole nitrogens is 2. The molecular formula is C44H50N8O6. The molecule has 3 aromatic heterocycles. The number of carbonyl (C=O) groups is 3. The number of hydrogen-bond acceptors (Lipinski definition) is 9. The van der Waals surface area contributed by atoms with Crippen molar-refractivity contribution in [1.29, 1.82) is 0 Å². The number of fused-ring (bicyclic) bond motifs is 2. The van der Waals surface area contributed by atoms with Gasteiger partial charge in [-0.25, -0.2) is 19.7 Å². The van der Waals surface area contributed by atoms with Crippen LogP contribution in [0.4, 0.5) is 4.79 Å². The number of alkyl carbamates (subject to hydrolysis) is 1. The SMILES string of the molecule is COC(=O)N[C@H](C(=O)N1CCC[C@H]1c1ncc(-c2ccc(-c3ccc(-c4cnc(C5C6CCC(C6)C5C(=O)NCc5ccc(OC)nc5)[nH]4)cc3)cc2)[nH]1)[C@@H](C)OC. The smallest absolute Gasteiger partial charge is 0.407 e. The number of nitrogens with one attached hydrogen (secondary N) is 4. The highest BCUT2D eigenvalue weighted by atomic mass is 16.5. The number of imidazole rings is 2. The van der Waals surface area contributed by atoms with E-state index in [1.807, 2.05) is 12.3 Å². The van der Waals surface area contributed by atoms with Crippen LogP contribution in [-0.4, -0.2) is 87.7 Å². The van der Waals surface area contributed by atoms with Crippen molar-refractivity contribution >= 4 is 17.9 Å². The Morgan fingerprint density at radius 1 is 0.793 bits per heavy atom. The van der Waals surface area contributed by atoms with E-state index >= 15 is 0 Å². The fourth-order valence-corrected chi connectivity index (χ4v) is 9.19. The molecule has 1 saturated heterocycles. The van der Waals surface area contributed by atoms with Gasteiger partial charge in [0.1, 0.15) is 17.7 Å². The van der Waals surface area contributed by atoms with Crippen molar-refractivity contribution in [2.45, 2.75) is 69.7 Å². The first-order valence-corrected chi connectivity index (χ1v) is 20.0. The number of methoxy groups -OCH3 is 3. The van der Waals surface area contributed by atoms with Crippen molar-refractivity contribution in [2.24, 2.45) is 17.8 Å². The summed E-state index contributed by atoms with van der Waals surface area (Å²) in [6.07, 6.45) is 9.03. The lowest BCUT2D eigenvalue weighted by molar-refractivity contribution is -0.137. The Kier molecular flexibility index (Phi) is 11.3. The van der Waals surface area contributed by atoms with E-state index in [-0.39, 0.29) is 29.7 Å². The molecule has 1 aliphatic heterocycles. The Balaban J connectivity index is 0.910. The number of ether oxygens (including phenoxy) is 3. The van der Waals surface area contributed by atoms with Crippen molar-refractivity contribution in [3.63, 3.8) is 0 Å². The minimum atomic E-state index is -0.888. The van der Waals surface area contributed by atoms with E-state index in [1.165, 1.54) is 14.2 Å².